The van der Waals surface area contributed by atoms with Gasteiger partial charge in [-0.2, -0.15) is 11.8 Å². The van der Waals surface area contributed by atoms with Crippen LogP contribution in [-0.2, 0) is 0 Å². The van der Waals surface area contributed by atoms with Crippen molar-refractivity contribution in [3.63, 3.8) is 0 Å². The molecule has 1 saturated carbocycles. The fourth-order valence-corrected chi connectivity index (χ4v) is 3.65. The Morgan fingerprint density at radius 2 is 1.71 bits per heavy atom. The number of thioether (sulfide) groups is 1. The van der Waals surface area contributed by atoms with E-state index >= 15 is 0 Å². The summed E-state index contributed by atoms with van der Waals surface area (Å²) in [4.78, 5) is 0. The molecule has 0 nitrogen and oxygen atoms in total. The molecular formula is C13H26S. The summed E-state index contributed by atoms with van der Waals surface area (Å²) in [5.74, 6) is 1.90. The summed E-state index contributed by atoms with van der Waals surface area (Å²) in [6.07, 6.45) is 8.10. The van der Waals surface area contributed by atoms with Crippen LogP contribution in [0.5, 0.6) is 0 Å². The van der Waals surface area contributed by atoms with Gasteiger partial charge in [-0.1, -0.05) is 40.5 Å². The third-order valence-electron chi connectivity index (χ3n) is 3.91. The molecule has 0 amide bonds. The fraction of sp³-hybridized carbons (Fsp3) is 1.00. The molecule has 0 radical (unpaired) electrons. The second-order valence-corrected chi connectivity index (χ2v) is 7.08. The molecule has 0 heterocycles. The van der Waals surface area contributed by atoms with Crippen LogP contribution >= 0.6 is 11.8 Å². The number of rotatable bonds is 2. The van der Waals surface area contributed by atoms with Crippen molar-refractivity contribution >= 4 is 11.8 Å². The van der Waals surface area contributed by atoms with E-state index in [1.807, 2.05) is 0 Å². The van der Waals surface area contributed by atoms with Crippen LogP contribution in [0.1, 0.15) is 53.4 Å². The van der Waals surface area contributed by atoms with Crippen LogP contribution in [0, 0.1) is 17.3 Å². The van der Waals surface area contributed by atoms with Crippen LogP contribution in [0.4, 0.5) is 0 Å². The minimum absolute atomic E-state index is 0.509. The Balaban J connectivity index is 2.69. The Bertz CT molecular complexity index is 169. The normalized spacial score (nSPS) is 31.5. The van der Waals surface area contributed by atoms with Gasteiger partial charge in [0.25, 0.3) is 0 Å². The molecule has 3 unspecified atom stereocenters. The lowest BCUT2D eigenvalue weighted by atomic mass is 9.65. The molecule has 0 saturated heterocycles. The van der Waals surface area contributed by atoms with Gasteiger partial charge in [0.05, 0.1) is 0 Å². The first kappa shape index (κ1) is 12.4. The SMILES string of the molecule is CSC(C)C1CCCCC1C(C)(C)C. The third-order valence-corrected chi connectivity index (χ3v) is 5.00. The highest BCUT2D eigenvalue weighted by Gasteiger charge is 2.36. The standard InChI is InChI=1S/C13H26S/c1-10(14-5)11-8-6-7-9-12(11)13(2,3)4/h10-12H,6-9H2,1-5H3. The lowest BCUT2D eigenvalue weighted by molar-refractivity contribution is 0.108. The highest BCUT2D eigenvalue weighted by atomic mass is 32.2. The van der Waals surface area contributed by atoms with Crippen LogP contribution in [0.15, 0.2) is 0 Å². The Labute approximate surface area is 94.2 Å². The zero-order valence-electron chi connectivity index (χ0n) is 10.5. The Hall–Kier alpha value is 0.350. The second-order valence-electron chi connectivity index (χ2n) is 5.86. The van der Waals surface area contributed by atoms with Gasteiger partial charge in [-0.05, 0) is 36.3 Å². The maximum absolute atomic E-state index is 2.42. The van der Waals surface area contributed by atoms with Gasteiger partial charge in [-0.25, -0.2) is 0 Å². The molecule has 1 aliphatic carbocycles. The van der Waals surface area contributed by atoms with Crippen LogP contribution < -0.4 is 0 Å². The largest absolute Gasteiger partial charge is 0.162 e. The Kier molecular flexibility index (Phi) is 4.36. The molecule has 0 bridgehead atoms. The van der Waals surface area contributed by atoms with Crippen molar-refractivity contribution in [2.45, 2.75) is 58.6 Å². The van der Waals surface area contributed by atoms with E-state index in [0.29, 0.717) is 5.41 Å². The zero-order valence-corrected chi connectivity index (χ0v) is 11.3. The first-order valence-electron chi connectivity index (χ1n) is 5.99. The van der Waals surface area contributed by atoms with E-state index in [1.54, 1.807) is 0 Å². The molecule has 0 N–H and O–H groups in total. The van der Waals surface area contributed by atoms with E-state index < -0.39 is 0 Å². The fourth-order valence-electron chi connectivity index (χ4n) is 2.97. The van der Waals surface area contributed by atoms with Crippen molar-refractivity contribution in [1.82, 2.24) is 0 Å². The molecule has 84 valence electrons. The first-order valence-corrected chi connectivity index (χ1v) is 7.28. The van der Waals surface area contributed by atoms with Crippen LogP contribution in [0.25, 0.3) is 0 Å². The monoisotopic (exact) mass is 214 g/mol. The topological polar surface area (TPSA) is 0 Å². The van der Waals surface area contributed by atoms with Gasteiger partial charge < -0.3 is 0 Å². The minimum atomic E-state index is 0.509. The zero-order chi connectivity index (χ0) is 10.8. The predicted octanol–water partition coefficient (Wildman–Crippen LogP) is 4.59. The van der Waals surface area contributed by atoms with Gasteiger partial charge in [-0.3, -0.25) is 0 Å². The van der Waals surface area contributed by atoms with Gasteiger partial charge in [0.1, 0.15) is 0 Å². The Morgan fingerprint density at radius 1 is 1.14 bits per heavy atom. The molecular weight excluding hydrogens is 188 g/mol. The van der Waals surface area contributed by atoms with Gasteiger partial charge in [-0.15, -0.1) is 0 Å². The van der Waals surface area contributed by atoms with Crippen molar-refractivity contribution in [2.24, 2.45) is 17.3 Å². The summed E-state index contributed by atoms with van der Waals surface area (Å²) >= 11 is 2.05. The highest BCUT2D eigenvalue weighted by Crippen LogP contribution is 2.45. The van der Waals surface area contributed by atoms with Crippen molar-refractivity contribution in [1.29, 1.82) is 0 Å². The van der Waals surface area contributed by atoms with Gasteiger partial charge in [0.15, 0.2) is 0 Å². The van der Waals surface area contributed by atoms with Gasteiger partial charge in [0, 0.05) is 5.25 Å². The van der Waals surface area contributed by atoms with Gasteiger partial charge in [0.2, 0.25) is 0 Å². The molecule has 0 aromatic heterocycles. The second kappa shape index (κ2) is 4.92. The van der Waals surface area contributed by atoms with E-state index in [1.165, 1.54) is 25.7 Å². The molecule has 0 spiro atoms. The van der Waals surface area contributed by atoms with E-state index in [9.17, 15) is 0 Å². The van der Waals surface area contributed by atoms with Crippen molar-refractivity contribution in [3.05, 3.63) is 0 Å². The van der Waals surface area contributed by atoms with Crippen LogP contribution in [0.3, 0.4) is 0 Å². The van der Waals surface area contributed by atoms with Crippen molar-refractivity contribution < 1.29 is 0 Å². The molecule has 1 aliphatic rings. The van der Waals surface area contributed by atoms with E-state index in [4.69, 9.17) is 0 Å². The first-order chi connectivity index (χ1) is 6.46. The molecule has 0 aromatic carbocycles. The molecule has 1 heteroatoms. The smallest absolute Gasteiger partial charge is 0.00470 e. The third kappa shape index (κ3) is 2.92. The van der Waals surface area contributed by atoms with Crippen LogP contribution in [0.2, 0.25) is 0 Å². The van der Waals surface area contributed by atoms with Crippen molar-refractivity contribution in [3.8, 4) is 0 Å². The molecule has 1 fully saturated rings. The minimum Gasteiger partial charge on any atom is -0.162 e. The Morgan fingerprint density at radius 3 is 2.21 bits per heavy atom. The average Bonchev–Trinajstić information content (AvgIpc) is 2.15. The summed E-state index contributed by atoms with van der Waals surface area (Å²) in [5.41, 5.74) is 0.509. The summed E-state index contributed by atoms with van der Waals surface area (Å²) in [6, 6.07) is 0. The average molecular weight is 214 g/mol. The van der Waals surface area contributed by atoms with Crippen LogP contribution in [-0.4, -0.2) is 11.5 Å². The number of hydrogen-bond acceptors (Lipinski definition) is 1. The quantitative estimate of drug-likeness (QED) is 0.648. The molecule has 0 aliphatic heterocycles. The molecule has 14 heavy (non-hydrogen) atoms. The maximum Gasteiger partial charge on any atom is 0.00470 e. The molecule has 1 rings (SSSR count). The van der Waals surface area contributed by atoms with E-state index in [0.717, 1.165) is 17.1 Å². The summed E-state index contributed by atoms with van der Waals surface area (Å²) in [6.45, 7) is 9.68. The lowest BCUT2D eigenvalue weighted by Gasteiger charge is -2.43. The highest BCUT2D eigenvalue weighted by molar-refractivity contribution is 7.99. The van der Waals surface area contributed by atoms with E-state index in [-0.39, 0.29) is 0 Å². The summed E-state index contributed by atoms with van der Waals surface area (Å²) in [5, 5.41) is 0.847. The van der Waals surface area contributed by atoms with Crippen molar-refractivity contribution in [2.75, 3.05) is 6.26 Å². The van der Waals surface area contributed by atoms with E-state index in [2.05, 4.69) is 45.7 Å². The predicted molar refractivity (Wildman–Crippen MR) is 67.9 cm³/mol. The lowest BCUT2D eigenvalue weighted by Crippen LogP contribution is -2.35. The number of hydrogen-bond donors (Lipinski definition) is 0. The maximum atomic E-state index is 2.42. The molecule has 0 aromatic rings. The summed E-state index contributed by atoms with van der Waals surface area (Å²) in [7, 11) is 0. The van der Waals surface area contributed by atoms with Gasteiger partial charge >= 0.3 is 0 Å². The summed E-state index contributed by atoms with van der Waals surface area (Å²) < 4.78 is 0. The molecule has 3 atom stereocenters.